The van der Waals surface area contributed by atoms with Gasteiger partial charge in [-0.15, -0.1) is 0 Å². The molecule has 0 saturated carbocycles. The van der Waals surface area contributed by atoms with Crippen molar-refractivity contribution in [1.29, 1.82) is 0 Å². The van der Waals surface area contributed by atoms with Gasteiger partial charge < -0.3 is 20.3 Å². The van der Waals surface area contributed by atoms with Gasteiger partial charge in [0.1, 0.15) is 5.75 Å². The molecule has 2 amide bonds. The number of hydrogen-bond donors (Lipinski definition) is 2. The quantitative estimate of drug-likeness (QED) is 0.878. The fraction of sp³-hybridized carbons (Fsp3) is 0.222. The van der Waals surface area contributed by atoms with Crippen LogP contribution in [-0.2, 0) is 9.59 Å². The Morgan fingerprint density at radius 1 is 1.20 bits per heavy atom. The molecule has 6 nitrogen and oxygen atoms in total. The summed E-state index contributed by atoms with van der Waals surface area (Å²) in [5, 5.41) is 5.84. The molecule has 0 fully saturated rings. The zero-order chi connectivity index (χ0) is 17.8. The number of likely N-dealkylation sites (N-methyl/N-ethyl adjacent to an activating group) is 1. The van der Waals surface area contributed by atoms with E-state index in [0.717, 1.165) is 5.69 Å². The highest BCUT2D eigenvalue weighted by Crippen LogP contribution is 2.33. The monoisotopic (exact) mass is 359 g/mol. The molecular formula is C18H18ClN3O3. The molecule has 2 aromatic carbocycles. The molecule has 1 aliphatic heterocycles. The predicted octanol–water partition coefficient (Wildman–Crippen LogP) is 2.29. The van der Waals surface area contributed by atoms with Crippen LogP contribution in [0.5, 0.6) is 5.75 Å². The number of nitrogens with zero attached hydrogens (tertiary/aromatic N) is 1. The average molecular weight is 360 g/mol. The van der Waals surface area contributed by atoms with Crippen LogP contribution in [0, 0.1) is 0 Å². The molecule has 1 aliphatic rings. The van der Waals surface area contributed by atoms with Crippen molar-refractivity contribution in [2.45, 2.75) is 6.10 Å². The van der Waals surface area contributed by atoms with Gasteiger partial charge in [-0.25, -0.2) is 0 Å². The fourth-order valence-corrected chi connectivity index (χ4v) is 2.86. The summed E-state index contributed by atoms with van der Waals surface area (Å²) in [4.78, 5) is 26.2. The summed E-state index contributed by atoms with van der Waals surface area (Å²) in [7, 11) is 1.56. The Labute approximate surface area is 150 Å². The Bertz CT molecular complexity index is 797. The first kappa shape index (κ1) is 17.1. The number of anilines is 2. The van der Waals surface area contributed by atoms with Gasteiger partial charge in [0.05, 0.1) is 29.5 Å². The van der Waals surface area contributed by atoms with Crippen LogP contribution >= 0.6 is 11.6 Å². The zero-order valence-corrected chi connectivity index (χ0v) is 14.4. The van der Waals surface area contributed by atoms with E-state index in [2.05, 4.69) is 10.6 Å². The smallest absolute Gasteiger partial charge is 0.262 e. The standard InChI is InChI=1S/C18H18ClN3O3/c1-20-18(24)16-10-22(14-8-4-5-9-15(14)25-16)11-17(23)21-13-7-3-2-6-12(13)19/h2-9,16H,10-11H2,1H3,(H,20,24)(H,21,23)/t16-/m1/s1. The molecule has 3 rings (SSSR count). The first-order valence-corrected chi connectivity index (χ1v) is 8.23. The molecule has 1 heterocycles. The van der Waals surface area contributed by atoms with Crippen LogP contribution in [0.25, 0.3) is 0 Å². The maximum atomic E-state index is 12.4. The largest absolute Gasteiger partial charge is 0.477 e. The summed E-state index contributed by atoms with van der Waals surface area (Å²) in [6, 6.07) is 14.4. The Kier molecular flexibility index (Phi) is 5.09. The van der Waals surface area contributed by atoms with Gasteiger partial charge in [-0.2, -0.15) is 0 Å². The molecule has 0 spiro atoms. The predicted molar refractivity (Wildman–Crippen MR) is 97.2 cm³/mol. The summed E-state index contributed by atoms with van der Waals surface area (Å²) in [5.74, 6) is 0.124. The van der Waals surface area contributed by atoms with Crippen LogP contribution in [0.1, 0.15) is 0 Å². The number of fused-ring (bicyclic) bond motifs is 1. The Morgan fingerprint density at radius 3 is 2.68 bits per heavy atom. The maximum absolute atomic E-state index is 12.4. The van der Waals surface area contributed by atoms with E-state index < -0.39 is 6.10 Å². The minimum atomic E-state index is -0.673. The third-order valence-electron chi connectivity index (χ3n) is 3.88. The first-order valence-electron chi connectivity index (χ1n) is 7.85. The maximum Gasteiger partial charge on any atom is 0.262 e. The van der Waals surface area contributed by atoms with Gasteiger partial charge in [0.15, 0.2) is 6.10 Å². The van der Waals surface area contributed by atoms with Crippen molar-refractivity contribution in [2.24, 2.45) is 0 Å². The van der Waals surface area contributed by atoms with Gasteiger partial charge in [-0.05, 0) is 24.3 Å². The molecule has 0 aromatic heterocycles. The van der Waals surface area contributed by atoms with E-state index in [1.54, 1.807) is 37.4 Å². The Balaban J connectivity index is 1.77. The van der Waals surface area contributed by atoms with Gasteiger partial charge in [-0.3, -0.25) is 9.59 Å². The van der Waals surface area contributed by atoms with Crippen LogP contribution in [0.4, 0.5) is 11.4 Å². The molecule has 25 heavy (non-hydrogen) atoms. The summed E-state index contributed by atoms with van der Waals surface area (Å²) in [6.45, 7) is 0.367. The molecule has 2 N–H and O–H groups in total. The lowest BCUT2D eigenvalue weighted by Gasteiger charge is -2.35. The van der Waals surface area contributed by atoms with Crippen molar-refractivity contribution in [3.05, 3.63) is 53.6 Å². The Hall–Kier alpha value is -2.73. The summed E-state index contributed by atoms with van der Waals surface area (Å²) in [6.07, 6.45) is -0.673. The SMILES string of the molecule is CNC(=O)[C@H]1CN(CC(=O)Nc2ccccc2Cl)c2ccccc2O1. The number of hydrogen-bond acceptors (Lipinski definition) is 4. The van der Waals surface area contributed by atoms with E-state index in [9.17, 15) is 9.59 Å². The van der Waals surface area contributed by atoms with Crippen molar-refractivity contribution < 1.29 is 14.3 Å². The van der Waals surface area contributed by atoms with Gasteiger partial charge in [-0.1, -0.05) is 35.9 Å². The number of carbonyl (C=O) groups is 2. The second kappa shape index (κ2) is 7.44. The molecule has 2 aromatic rings. The summed E-state index contributed by atoms with van der Waals surface area (Å²) in [5.41, 5.74) is 1.33. The number of ether oxygens (including phenoxy) is 1. The van der Waals surface area contributed by atoms with E-state index >= 15 is 0 Å². The highest BCUT2D eigenvalue weighted by Gasteiger charge is 2.31. The number of amides is 2. The minimum absolute atomic E-state index is 0.0824. The lowest BCUT2D eigenvalue weighted by molar-refractivity contribution is -0.127. The first-order chi connectivity index (χ1) is 12.1. The van der Waals surface area contributed by atoms with Crippen LogP contribution in [0.3, 0.4) is 0 Å². The average Bonchev–Trinajstić information content (AvgIpc) is 2.62. The lowest BCUT2D eigenvalue weighted by Crippen LogP contribution is -2.50. The number of benzene rings is 2. The van der Waals surface area contributed by atoms with E-state index in [0.29, 0.717) is 16.5 Å². The van der Waals surface area contributed by atoms with Gasteiger partial charge in [0.2, 0.25) is 5.91 Å². The zero-order valence-electron chi connectivity index (χ0n) is 13.7. The molecule has 130 valence electrons. The summed E-state index contributed by atoms with van der Waals surface area (Å²) >= 11 is 6.07. The number of halogens is 1. The highest BCUT2D eigenvalue weighted by atomic mass is 35.5. The number of para-hydroxylation sites is 3. The van der Waals surface area contributed by atoms with Gasteiger partial charge in [0.25, 0.3) is 5.91 Å². The Morgan fingerprint density at radius 2 is 1.92 bits per heavy atom. The normalized spacial score (nSPS) is 15.8. The van der Waals surface area contributed by atoms with Crippen LogP contribution < -0.4 is 20.3 Å². The number of nitrogens with one attached hydrogen (secondary N) is 2. The molecule has 1 atom stereocenters. The van der Waals surface area contributed by atoms with E-state index in [4.69, 9.17) is 16.3 Å². The van der Waals surface area contributed by atoms with Crippen LogP contribution in [-0.4, -0.2) is 38.1 Å². The van der Waals surface area contributed by atoms with Crippen LogP contribution in [0.15, 0.2) is 48.5 Å². The van der Waals surface area contributed by atoms with Gasteiger partial charge in [0, 0.05) is 7.05 Å². The van der Waals surface area contributed by atoms with Crippen molar-refractivity contribution in [1.82, 2.24) is 5.32 Å². The lowest BCUT2D eigenvalue weighted by atomic mass is 10.1. The van der Waals surface area contributed by atoms with Crippen LogP contribution in [0.2, 0.25) is 5.02 Å². The van der Waals surface area contributed by atoms with E-state index in [1.807, 2.05) is 23.1 Å². The van der Waals surface area contributed by atoms with E-state index in [-0.39, 0.29) is 24.9 Å². The van der Waals surface area contributed by atoms with Crippen molar-refractivity contribution in [2.75, 3.05) is 30.4 Å². The molecule has 0 radical (unpaired) electrons. The molecule has 0 unspecified atom stereocenters. The molecule has 0 aliphatic carbocycles. The number of rotatable bonds is 4. The molecule has 7 heteroatoms. The molecule has 0 saturated heterocycles. The van der Waals surface area contributed by atoms with Gasteiger partial charge >= 0.3 is 0 Å². The number of carbonyl (C=O) groups excluding carboxylic acids is 2. The second-order valence-electron chi connectivity index (χ2n) is 5.60. The topological polar surface area (TPSA) is 70.7 Å². The summed E-state index contributed by atoms with van der Waals surface area (Å²) < 4.78 is 5.73. The molecule has 0 bridgehead atoms. The van der Waals surface area contributed by atoms with Crippen molar-refractivity contribution in [3.63, 3.8) is 0 Å². The van der Waals surface area contributed by atoms with Crippen molar-refractivity contribution in [3.8, 4) is 5.75 Å². The molecular weight excluding hydrogens is 342 g/mol. The fourth-order valence-electron chi connectivity index (χ4n) is 2.68. The minimum Gasteiger partial charge on any atom is -0.477 e. The third kappa shape index (κ3) is 3.85. The second-order valence-corrected chi connectivity index (χ2v) is 6.00. The van der Waals surface area contributed by atoms with Crippen molar-refractivity contribution >= 4 is 34.8 Å². The van der Waals surface area contributed by atoms with E-state index in [1.165, 1.54) is 0 Å². The highest BCUT2D eigenvalue weighted by molar-refractivity contribution is 6.33. The third-order valence-corrected chi connectivity index (χ3v) is 4.21.